The summed E-state index contributed by atoms with van der Waals surface area (Å²) in [4.78, 5) is 10.9. The van der Waals surface area contributed by atoms with E-state index < -0.39 is 0 Å². The minimum Gasteiger partial charge on any atom is -0.497 e. The third-order valence-electron chi connectivity index (χ3n) is 3.75. The number of hydrogen-bond donors (Lipinski definition) is 0. The Labute approximate surface area is 149 Å². The molecule has 0 unspecified atom stereocenters. The van der Waals surface area contributed by atoms with Crippen molar-refractivity contribution in [1.29, 1.82) is 0 Å². The minimum absolute atomic E-state index is 0.367. The van der Waals surface area contributed by atoms with Crippen molar-refractivity contribution in [1.82, 2.24) is 0 Å². The molecule has 0 atom stereocenters. The summed E-state index contributed by atoms with van der Waals surface area (Å²) in [6.07, 6.45) is 3.89. The Balaban J connectivity index is 1.69. The minimum atomic E-state index is -0.367. The summed E-state index contributed by atoms with van der Waals surface area (Å²) in [5.41, 5.74) is 2.28. The van der Waals surface area contributed by atoms with Gasteiger partial charge in [0.1, 0.15) is 11.5 Å². The fourth-order valence-corrected chi connectivity index (χ4v) is 2.33. The van der Waals surface area contributed by atoms with Crippen LogP contribution in [-0.4, -0.2) is 26.3 Å². The second-order valence-corrected chi connectivity index (χ2v) is 5.53. The molecule has 0 aliphatic carbocycles. The number of carbonyl (C=O) groups excluding carboxylic acids is 1. The van der Waals surface area contributed by atoms with E-state index in [0.29, 0.717) is 13.2 Å². The summed E-state index contributed by atoms with van der Waals surface area (Å²) in [5, 5.41) is 0. The van der Waals surface area contributed by atoms with Crippen LogP contribution < -0.4 is 9.47 Å². The third-order valence-corrected chi connectivity index (χ3v) is 3.75. The highest BCUT2D eigenvalue weighted by Gasteiger charge is 2.00. The van der Waals surface area contributed by atoms with Crippen LogP contribution in [0.4, 0.5) is 0 Å². The van der Waals surface area contributed by atoms with E-state index in [9.17, 15) is 4.79 Å². The first-order chi connectivity index (χ1) is 12.2. The summed E-state index contributed by atoms with van der Waals surface area (Å²) in [7, 11) is 1.66. The van der Waals surface area contributed by atoms with Crippen molar-refractivity contribution in [2.45, 2.75) is 19.3 Å². The van der Waals surface area contributed by atoms with E-state index in [1.54, 1.807) is 7.11 Å². The molecular formula is C21H24O4. The summed E-state index contributed by atoms with van der Waals surface area (Å²) >= 11 is 0. The molecule has 0 N–H and O–H groups in total. The standard InChI is InChI=1S/C21H24O4/c1-3-21(22)25-16-6-4-5-15-24-20-13-9-18(10-14-20)17-7-11-19(23-2)12-8-17/h3,7-14H,1,4-6,15-16H2,2H3. The first-order valence-corrected chi connectivity index (χ1v) is 8.39. The van der Waals surface area contributed by atoms with Gasteiger partial charge >= 0.3 is 5.97 Å². The molecule has 0 fully saturated rings. The summed E-state index contributed by atoms with van der Waals surface area (Å²) in [6.45, 7) is 4.44. The molecule has 0 heterocycles. The van der Waals surface area contributed by atoms with Crippen LogP contribution in [0, 0.1) is 0 Å². The summed E-state index contributed by atoms with van der Waals surface area (Å²) < 4.78 is 15.8. The summed E-state index contributed by atoms with van der Waals surface area (Å²) in [5.74, 6) is 1.34. The molecule has 0 aliphatic rings. The van der Waals surface area contributed by atoms with Gasteiger partial charge in [0.15, 0.2) is 0 Å². The fraction of sp³-hybridized carbons (Fsp3) is 0.286. The molecule has 0 bridgehead atoms. The maximum absolute atomic E-state index is 10.9. The zero-order valence-corrected chi connectivity index (χ0v) is 14.6. The van der Waals surface area contributed by atoms with E-state index in [1.807, 2.05) is 48.5 Å². The second-order valence-electron chi connectivity index (χ2n) is 5.53. The first-order valence-electron chi connectivity index (χ1n) is 8.39. The lowest BCUT2D eigenvalue weighted by atomic mass is 10.1. The van der Waals surface area contributed by atoms with Gasteiger partial charge in [0.25, 0.3) is 0 Å². The largest absolute Gasteiger partial charge is 0.497 e. The van der Waals surface area contributed by atoms with Gasteiger partial charge < -0.3 is 14.2 Å². The van der Waals surface area contributed by atoms with Crippen molar-refractivity contribution in [2.75, 3.05) is 20.3 Å². The maximum atomic E-state index is 10.9. The molecule has 0 radical (unpaired) electrons. The van der Waals surface area contributed by atoms with Crippen molar-refractivity contribution >= 4 is 5.97 Å². The van der Waals surface area contributed by atoms with Gasteiger partial charge in [0, 0.05) is 6.08 Å². The number of esters is 1. The predicted molar refractivity (Wildman–Crippen MR) is 98.9 cm³/mol. The molecule has 2 aromatic carbocycles. The lowest BCUT2D eigenvalue weighted by molar-refractivity contribution is -0.137. The highest BCUT2D eigenvalue weighted by atomic mass is 16.5. The van der Waals surface area contributed by atoms with E-state index in [-0.39, 0.29) is 5.97 Å². The zero-order chi connectivity index (χ0) is 17.9. The molecule has 0 amide bonds. The van der Waals surface area contributed by atoms with Gasteiger partial charge in [-0.25, -0.2) is 4.79 Å². The topological polar surface area (TPSA) is 44.8 Å². The van der Waals surface area contributed by atoms with Crippen LogP contribution in [-0.2, 0) is 9.53 Å². The van der Waals surface area contributed by atoms with Crippen LogP contribution in [0.3, 0.4) is 0 Å². The maximum Gasteiger partial charge on any atom is 0.330 e. The number of ether oxygens (including phenoxy) is 3. The number of benzene rings is 2. The van der Waals surface area contributed by atoms with Crippen LogP contribution in [0.25, 0.3) is 11.1 Å². The molecule has 0 spiro atoms. The van der Waals surface area contributed by atoms with Crippen molar-refractivity contribution in [3.8, 4) is 22.6 Å². The molecule has 2 rings (SSSR count). The van der Waals surface area contributed by atoms with E-state index >= 15 is 0 Å². The summed E-state index contributed by atoms with van der Waals surface area (Å²) in [6, 6.07) is 16.0. The van der Waals surface area contributed by atoms with E-state index in [0.717, 1.165) is 41.9 Å². The smallest absolute Gasteiger partial charge is 0.330 e. The number of unbranched alkanes of at least 4 members (excludes halogenated alkanes) is 2. The monoisotopic (exact) mass is 340 g/mol. The highest BCUT2D eigenvalue weighted by Crippen LogP contribution is 2.24. The van der Waals surface area contributed by atoms with E-state index in [1.165, 1.54) is 6.08 Å². The first kappa shape index (κ1) is 18.6. The molecule has 4 nitrogen and oxygen atoms in total. The Bertz CT molecular complexity index is 659. The lowest BCUT2D eigenvalue weighted by Gasteiger charge is -2.08. The van der Waals surface area contributed by atoms with Crippen LogP contribution >= 0.6 is 0 Å². The van der Waals surface area contributed by atoms with Crippen molar-refractivity contribution in [3.63, 3.8) is 0 Å². The normalized spacial score (nSPS) is 10.1. The van der Waals surface area contributed by atoms with Gasteiger partial charge in [0.05, 0.1) is 20.3 Å². The Hall–Kier alpha value is -2.75. The van der Waals surface area contributed by atoms with Crippen LogP contribution in [0.15, 0.2) is 61.2 Å². The van der Waals surface area contributed by atoms with Gasteiger partial charge in [-0.2, -0.15) is 0 Å². The van der Waals surface area contributed by atoms with Gasteiger partial charge in [-0.3, -0.25) is 0 Å². The van der Waals surface area contributed by atoms with E-state index in [4.69, 9.17) is 14.2 Å². The van der Waals surface area contributed by atoms with Crippen LogP contribution in [0.5, 0.6) is 11.5 Å². The van der Waals surface area contributed by atoms with Crippen molar-refractivity contribution in [2.24, 2.45) is 0 Å². The zero-order valence-electron chi connectivity index (χ0n) is 14.6. The average Bonchev–Trinajstić information content (AvgIpc) is 2.67. The Kier molecular flexibility index (Phi) is 7.57. The molecule has 4 heteroatoms. The molecule has 0 saturated heterocycles. The second kappa shape index (κ2) is 10.2. The highest BCUT2D eigenvalue weighted by molar-refractivity contribution is 5.81. The molecule has 132 valence electrons. The van der Waals surface area contributed by atoms with Gasteiger partial charge in [0.2, 0.25) is 0 Å². The lowest BCUT2D eigenvalue weighted by Crippen LogP contribution is -2.03. The Morgan fingerprint density at radius 3 is 2.00 bits per heavy atom. The molecule has 25 heavy (non-hydrogen) atoms. The number of methoxy groups -OCH3 is 1. The molecule has 0 aromatic heterocycles. The molecule has 2 aromatic rings. The predicted octanol–water partition coefficient (Wildman–Crippen LogP) is 4.64. The van der Waals surface area contributed by atoms with E-state index in [2.05, 4.69) is 6.58 Å². The number of hydrogen-bond acceptors (Lipinski definition) is 4. The Morgan fingerprint density at radius 2 is 1.44 bits per heavy atom. The molecular weight excluding hydrogens is 316 g/mol. The van der Waals surface area contributed by atoms with Gasteiger partial charge in [-0.1, -0.05) is 30.8 Å². The van der Waals surface area contributed by atoms with Crippen molar-refractivity contribution < 1.29 is 19.0 Å². The van der Waals surface area contributed by atoms with Gasteiger partial charge in [-0.15, -0.1) is 0 Å². The molecule has 0 saturated carbocycles. The quantitative estimate of drug-likeness (QED) is 0.359. The fourth-order valence-electron chi connectivity index (χ4n) is 2.33. The number of carbonyl (C=O) groups is 1. The third kappa shape index (κ3) is 6.34. The Morgan fingerprint density at radius 1 is 0.880 bits per heavy atom. The van der Waals surface area contributed by atoms with Gasteiger partial charge in [-0.05, 0) is 54.7 Å². The molecule has 0 aliphatic heterocycles. The SMILES string of the molecule is C=CC(=O)OCCCCCOc1ccc(-c2ccc(OC)cc2)cc1. The van der Waals surface area contributed by atoms with Crippen molar-refractivity contribution in [3.05, 3.63) is 61.2 Å². The number of rotatable bonds is 10. The average molecular weight is 340 g/mol. The van der Waals surface area contributed by atoms with Crippen LogP contribution in [0.2, 0.25) is 0 Å². The van der Waals surface area contributed by atoms with Crippen LogP contribution in [0.1, 0.15) is 19.3 Å².